The van der Waals surface area contributed by atoms with Gasteiger partial charge < -0.3 is 0 Å². The van der Waals surface area contributed by atoms with Gasteiger partial charge in [-0.25, -0.2) is 0 Å². The van der Waals surface area contributed by atoms with Gasteiger partial charge in [0.25, 0.3) is 0 Å². The summed E-state index contributed by atoms with van der Waals surface area (Å²) in [6.07, 6.45) is 6.74. The summed E-state index contributed by atoms with van der Waals surface area (Å²) in [5, 5.41) is 0. The van der Waals surface area contributed by atoms with Crippen molar-refractivity contribution in [3.05, 3.63) is 11.0 Å². The van der Waals surface area contributed by atoms with E-state index in [4.69, 9.17) is 0 Å². The van der Waals surface area contributed by atoms with Crippen molar-refractivity contribution in [2.45, 2.75) is 0 Å². The van der Waals surface area contributed by atoms with Gasteiger partial charge in [-0.3, -0.25) is 4.79 Å². The summed E-state index contributed by atoms with van der Waals surface area (Å²) in [5.41, 5.74) is 0. The minimum absolute atomic E-state index is 0.823. The molecule has 0 saturated heterocycles. The molecule has 0 aliphatic carbocycles. The summed E-state index contributed by atoms with van der Waals surface area (Å²) in [6, 6.07) is 0. The van der Waals surface area contributed by atoms with Crippen LogP contribution in [0, 0.1) is 0 Å². The summed E-state index contributed by atoms with van der Waals surface area (Å²) in [6.45, 7) is 0. The highest BCUT2D eigenvalue weighted by molar-refractivity contribution is 8.03. The molecule has 0 aromatic heterocycles. The van der Waals surface area contributed by atoms with Crippen molar-refractivity contribution in [2.24, 2.45) is 0 Å². The molecule has 0 amide bonds. The summed E-state index contributed by atoms with van der Waals surface area (Å²) in [7, 11) is 0. The second kappa shape index (κ2) is 6.23. The first kappa shape index (κ1) is 9.11. The largest absolute Gasteiger partial charge is 0.297 e. The van der Waals surface area contributed by atoms with E-state index in [0.717, 1.165) is 16.9 Å². The molecular formula is C6H10OS2. The van der Waals surface area contributed by atoms with E-state index in [2.05, 4.69) is 0 Å². The van der Waals surface area contributed by atoms with Gasteiger partial charge in [-0.1, -0.05) is 6.08 Å². The van der Waals surface area contributed by atoms with Crippen LogP contribution in [0.15, 0.2) is 11.0 Å². The molecule has 0 aliphatic rings. The van der Waals surface area contributed by atoms with Gasteiger partial charge in [0.2, 0.25) is 0 Å². The van der Waals surface area contributed by atoms with Crippen molar-refractivity contribution in [2.75, 3.05) is 18.3 Å². The molecule has 0 fully saturated rings. The first-order valence-corrected chi connectivity index (χ1v) is 5.15. The minimum Gasteiger partial charge on any atom is -0.297 e. The van der Waals surface area contributed by atoms with Gasteiger partial charge in [-0.15, -0.1) is 11.8 Å². The lowest BCUT2D eigenvalue weighted by molar-refractivity contribution is -0.104. The van der Waals surface area contributed by atoms with Crippen LogP contribution >= 0.6 is 23.5 Å². The monoisotopic (exact) mass is 162 g/mol. The van der Waals surface area contributed by atoms with Gasteiger partial charge in [0.05, 0.1) is 0 Å². The van der Waals surface area contributed by atoms with Crippen LogP contribution in [-0.2, 0) is 4.79 Å². The molecule has 52 valence electrons. The molecule has 0 aliphatic heterocycles. The third kappa shape index (κ3) is 4.60. The number of carbonyl (C=O) groups excluding carboxylic acids is 1. The average Bonchev–Trinajstić information content (AvgIpc) is 1.91. The number of aldehydes is 1. The summed E-state index contributed by atoms with van der Waals surface area (Å²) in [4.78, 5) is 11.0. The van der Waals surface area contributed by atoms with Gasteiger partial charge in [-0.05, 0) is 12.5 Å². The Bertz CT molecular complexity index is 110. The van der Waals surface area contributed by atoms with Gasteiger partial charge in [0.15, 0.2) is 6.29 Å². The Kier molecular flexibility index (Phi) is 6.31. The van der Waals surface area contributed by atoms with Crippen molar-refractivity contribution in [1.82, 2.24) is 0 Å². The topological polar surface area (TPSA) is 17.1 Å². The quantitative estimate of drug-likeness (QED) is 0.463. The lowest BCUT2D eigenvalue weighted by Gasteiger charge is -1.89. The zero-order valence-corrected chi connectivity index (χ0v) is 7.22. The van der Waals surface area contributed by atoms with Crippen LogP contribution in [0.3, 0.4) is 0 Å². The Morgan fingerprint density at radius 1 is 1.56 bits per heavy atom. The smallest absolute Gasteiger partial charge is 0.156 e. The maximum atomic E-state index is 10.1. The SMILES string of the molecule is CSC/C=C(\C=O)SC. The van der Waals surface area contributed by atoms with Crippen molar-refractivity contribution in [3.8, 4) is 0 Å². The minimum atomic E-state index is 0.823. The van der Waals surface area contributed by atoms with Crippen LogP contribution in [0.4, 0.5) is 0 Å². The number of rotatable bonds is 4. The summed E-state index contributed by atoms with van der Waals surface area (Å²) >= 11 is 3.20. The Labute approximate surface area is 64.3 Å². The molecule has 0 atom stereocenters. The van der Waals surface area contributed by atoms with Gasteiger partial charge in [0, 0.05) is 10.7 Å². The number of hydrogen-bond acceptors (Lipinski definition) is 3. The van der Waals surface area contributed by atoms with Crippen molar-refractivity contribution in [3.63, 3.8) is 0 Å². The number of hydrogen-bond donors (Lipinski definition) is 0. The fourth-order valence-corrected chi connectivity index (χ4v) is 1.14. The molecule has 0 spiro atoms. The van der Waals surface area contributed by atoms with Crippen LogP contribution in [0.5, 0.6) is 0 Å². The van der Waals surface area contributed by atoms with E-state index in [1.807, 2.05) is 18.6 Å². The van der Waals surface area contributed by atoms with Crippen LogP contribution < -0.4 is 0 Å². The number of allylic oxidation sites excluding steroid dienone is 1. The molecule has 0 bridgehead atoms. The fraction of sp³-hybridized carbons (Fsp3) is 0.500. The van der Waals surface area contributed by atoms with E-state index >= 15 is 0 Å². The highest BCUT2D eigenvalue weighted by atomic mass is 32.2. The summed E-state index contributed by atoms with van der Waals surface area (Å²) < 4.78 is 0. The van der Waals surface area contributed by atoms with E-state index < -0.39 is 0 Å². The zero-order chi connectivity index (χ0) is 7.11. The van der Waals surface area contributed by atoms with Crippen LogP contribution in [0.1, 0.15) is 0 Å². The highest BCUT2D eigenvalue weighted by Gasteiger charge is 1.87. The third-order valence-electron chi connectivity index (χ3n) is 0.803. The van der Waals surface area contributed by atoms with Crippen LogP contribution in [0.2, 0.25) is 0 Å². The maximum absolute atomic E-state index is 10.1. The molecule has 3 heteroatoms. The van der Waals surface area contributed by atoms with Gasteiger partial charge >= 0.3 is 0 Å². The van der Waals surface area contributed by atoms with Crippen molar-refractivity contribution >= 4 is 29.8 Å². The summed E-state index contributed by atoms with van der Waals surface area (Å²) in [5.74, 6) is 0.926. The molecule has 9 heavy (non-hydrogen) atoms. The third-order valence-corrected chi connectivity index (χ3v) is 2.04. The first-order chi connectivity index (χ1) is 4.35. The molecule has 0 aromatic carbocycles. The predicted octanol–water partition coefficient (Wildman–Crippen LogP) is 1.80. The molecule has 0 N–H and O–H groups in total. The van der Waals surface area contributed by atoms with Crippen LogP contribution in [-0.4, -0.2) is 24.6 Å². The maximum Gasteiger partial charge on any atom is 0.156 e. The Balaban J connectivity index is 3.61. The number of carbonyl (C=O) groups is 1. The zero-order valence-electron chi connectivity index (χ0n) is 5.59. The molecule has 0 saturated carbocycles. The molecular weight excluding hydrogens is 152 g/mol. The molecule has 1 nitrogen and oxygen atoms in total. The second-order valence-corrected chi connectivity index (χ2v) is 3.17. The normalized spacial score (nSPS) is 11.6. The average molecular weight is 162 g/mol. The van der Waals surface area contributed by atoms with Crippen LogP contribution in [0.25, 0.3) is 0 Å². The van der Waals surface area contributed by atoms with Crippen molar-refractivity contribution < 1.29 is 4.79 Å². The van der Waals surface area contributed by atoms with E-state index in [0.29, 0.717) is 0 Å². The molecule has 0 rings (SSSR count). The van der Waals surface area contributed by atoms with Crippen molar-refractivity contribution in [1.29, 1.82) is 0 Å². The fourth-order valence-electron chi connectivity index (χ4n) is 0.345. The van der Waals surface area contributed by atoms with E-state index in [1.54, 1.807) is 11.8 Å². The van der Waals surface area contributed by atoms with Gasteiger partial charge in [0.1, 0.15) is 0 Å². The predicted molar refractivity (Wildman–Crippen MR) is 46.0 cm³/mol. The first-order valence-electron chi connectivity index (χ1n) is 2.53. The molecule has 0 aromatic rings. The number of thioether (sulfide) groups is 2. The van der Waals surface area contributed by atoms with E-state index in [-0.39, 0.29) is 0 Å². The lowest BCUT2D eigenvalue weighted by Crippen LogP contribution is -1.77. The Morgan fingerprint density at radius 2 is 2.22 bits per heavy atom. The van der Waals surface area contributed by atoms with Gasteiger partial charge in [-0.2, -0.15) is 11.8 Å². The molecule has 0 radical (unpaired) electrons. The molecule has 0 heterocycles. The lowest BCUT2D eigenvalue weighted by atomic mass is 10.6. The van der Waals surface area contributed by atoms with E-state index in [1.165, 1.54) is 11.8 Å². The Morgan fingerprint density at radius 3 is 2.56 bits per heavy atom. The molecule has 0 unspecified atom stereocenters. The Hall–Kier alpha value is 0.110. The second-order valence-electron chi connectivity index (χ2n) is 1.38. The highest BCUT2D eigenvalue weighted by Crippen LogP contribution is 2.08. The standard InChI is InChI=1S/C6H10OS2/c1-8-4-3-6(5-7)9-2/h3,5H,4H2,1-2H3/b6-3+. The van der Waals surface area contributed by atoms with E-state index in [9.17, 15) is 4.79 Å².